The number of carbonyl (C=O) groups excluding carboxylic acids is 2. The predicted molar refractivity (Wildman–Crippen MR) is 99.6 cm³/mol. The van der Waals surface area contributed by atoms with E-state index in [1.165, 1.54) is 19.3 Å². The first-order valence-corrected chi connectivity index (χ1v) is 10.0. The van der Waals surface area contributed by atoms with E-state index in [-0.39, 0.29) is 23.4 Å². The van der Waals surface area contributed by atoms with Crippen LogP contribution in [0.4, 0.5) is 11.4 Å². The molecule has 142 valence electrons. The molecule has 0 radical (unpaired) electrons. The fraction of sp³-hybridized carbons (Fsp3) is 0.412. The molecule has 26 heavy (non-hydrogen) atoms. The minimum atomic E-state index is -3.49. The Hall–Kier alpha value is -2.55. The van der Waals surface area contributed by atoms with Crippen LogP contribution in [0.2, 0.25) is 0 Å². The van der Waals surface area contributed by atoms with E-state index in [0.29, 0.717) is 30.9 Å². The maximum absolute atomic E-state index is 12.5. The van der Waals surface area contributed by atoms with E-state index < -0.39 is 10.0 Å². The molecule has 2 N–H and O–H groups in total. The molecule has 1 aliphatic rings. The second-order valence-corrected chi connectivity index (χ2v) is 7.85. The van der Waals surface area contributed by atoms with E-state index in [1.54, 1.807) is 17.0 Å². The largest absolute Gasteiger partial charge is 0.495 e. The van der Waals surface area contributed by atoms with Gasteiger partial charge in [-0.25, -0.2) is 8.42 Å². The van der Waals surface area contributed by atoms with E-state index in [9.17, 15) is 18.0 Å². The molecule has 0 aromatic heterocycles. The molecule has 1 heterocycles. The highest BCUT2D eigenvalue weighted by Gasteiger charge is 2.27. The van der Waals surface area contributed by atoms with Crippen molar-refractivity contribution in [2.45, 2.75) is 12.8 Å². The van der Waals surface area contributed by atoms with E-state index in [1.807, 2.05) is 0 Å². The number of piperidine rings is 1. The molecular formula is C17H23N3O5S. The summed E-state index contributed by atoms with van der Waals surface area (Å²) < 4.78 is 30.4. The summed E-state index contributed by atoms with van der Waals surface area (Å²) in [6, 6.07) is 4.69. The summed E-state index contributed by atoms with van der Waals surface area (Å²) in [6.07, 6.45) is 3.69. The smallest absolute Gasteiger partial charge is 0.245 e. The second kappa shape index (κ2) is 8.22. The zero-order valence-electron chi connectivity index (χ0n) is 14.8. The number of likely N-dealkylation sites (tertiary alicyclic amines) is 1. The number of sulfonamides is 1. The van der Waals surface area contributed by atoms with Gasteiger partial charge in [-0.3, -0.25) is 14.3 Å². The Bertz CT molecular complexity index is 807. The van der Waals surface area contributed by atoms with Gasteiger partial charge in [0, 0.05) is 18.8 Å². The summed E-state index contributed by atoms with van der Waals surface area (Å²) in [5.41, 5.74) is 0.675. The van der Waals surface area contributed by atoms with Crippen molar-refractivity contribution < 1.29 is 22.7 Å². The van der Waals surface area contributed by atoms with Gasteiger partial charge in [0.25, 0.3) is 0 Å². The van der Waals surface area contributed by atoms with E-state index in [4.69, 9.17) is 4.74 Å². The number of carbonyl (C=O) groups is 2. The van der Waals surface area contributed by atoms with Crippen LogP contribution in [0.1, 0.15) is 12.8 Å². The first kappa shape index (κ1) is 19.8. The Morgan fingerprint density at radius 2 is 2.12 bits per heavy atom. The summed E-state index contributed by atoms with van der Waals surface area (Å²) >= 11 is 0. The lowest BCUT2D eigenvalue weighted by Crippen LogP contribution is -2.43. The van der Waals surface area contributed by atoms with Gasteiger partial charge < -0.3 is 15.0 Å². The minimum Gasteiger partial charge on any atom is -0.495 e. The van der Waals surface area contributed by atoms with Crippen molar-refractivity contribution >= 4 is 33.2 Å². The van der Waals surface area contributed by atoms with Crippen LogP contribution in [0.15, 0.2) is 30.9 Å². The van der Waals surface area contributed by atoms with Gasteiger partial charge >= 0.3 is 0 Å². The topological polar surface area (TPSA) is 105 Å². The van der Waals surface area contributed by atoms with Crippen LogP contribution in [-0.2, 0) is 19.6 Å². The van der Waals surface area contributed by atoms with Crippen LogP contribution in [0, 0.1) is 5.92 Å². The molecule has 1 fully saturated rings. The zero-order chi connectivity index (χ0) is 19.3. The fourth-order valence-corrected chi connectivity index (χ4v) is 3.39. The molecule has 1 aliphatic heterocycles. The molecule has 0 spiro atoms. The third kappa shape index (κ3) is 5.22. The maximum Gasteiger partial charge on any atom is 0.245 e. The molecule has 8 nitrogen and oxygen atoms in total. The third-order valence-corrected chi connectivity index (χ3v) is 4.63. The molecule has 1 aromatic carbocycles. The summed E-state index contributed by atoms with van der Waals surface area (Å²) in [5.74, 6) is -0.400. The number of hydrogen-bond donors (Lipinski definition) is 2. The van der Waals surface area contributed by atoms with E-state index in [2.05, 4.69) is 16.6 Å². The van der Waals surface area contributed by atoms with Crippen LogP contribution >= 0.6 is 0 Å². The fourth-order valence-electron chi connectivity index (χ4n) is 2.83. The van der Waals surface area contributed by atoms with E-state index >= 15 is 0 Å². The predicted octanol–water partition coefficient (Wildman–Crippen LogP) is 1.43. The highest BCUT2D eigenvalue weighted by atomic mass is 32.2. The van der Waals surface area contributed by atoms with Crippen molar-refractivity contribution in [3.05, 3.63) is 30.9 Å². The molecule has 1 atom stereocenters. The lowest BCUT2D eigenvalue weighted by molar-refractivity contribution is -0.130. The Balaban J connectivity index is 2.12. The van der Waals surface area contributed by atoms with Gasteiger partial charge in [0.15, 0.2) is 0 Å². The first-order valence-electron chi connectivity index (χ1n) is 8.11. The lowest BCUT2D eigenvalue weighted by atomic mass is 9.97. The summed E-state index contributed by atoms with van der Waals surface area (Å²) in [4.78, 5) is 25.9. The molecule has 1 unspecified atom stereocenters. The molecular weight excluding hydrogens is 358 g/mol. The van der Waals surface area contributed by atoms with Crippen LogP contribution < -0.4 is 14.8 Å². The number of methoxy groups -OCH3 is 1. The molecule has 2 rings (SSSR count). The molecule has 0 bridgehead atoms. The first-order chi connectivity index (χ1) is 12.2. The van der Waals surface area contributed by atoms with Crippen molar-refractivity contribution in [1.29, 1.82) is 0 Å². The number of benzene rings is 1. The number of hydrogen-bond acceptors (Lipinski definition) is 5. The Morgan fingerprint density at radius 3 is 2.73 bits per heavy atom. The average molecular weight is 381 g/mol. The molecule has 9 heteroatoms. The lowest BCUT2D eigenvalue weighted by Gasteiger charge is -2.31. The number of nitrogens with zero attached hydrogens (tertiary/aromatic N) is 1. The van der Waals surface area contributed by atoms with Crippen molar-refractivity contribution in [1.82, 2.24) is 4.90 Å². The van der Waals surface area contributed by atoms with Crippen molar-refractivity contribution in [2.24, 2.45) is 5.92 Å². The van der Waals surface area contributed by atoms with Gasteiger partial charge in [-0.1, -0.05) is 6.58 Å². The van der Waals surface area contributed by atoms with E-state index in [0.717, 1.165) is 12.7 Å². The Morgan fingerprint density at radius 1 is 1.38 bits per heavy atom. The molecule has 0 aliphatic carbocycles. The number of rotatable bonds is 6. The summed E-state index contributed by atoms with van der Waals surface area (Å²) in [6.45, 7) is 4.41. The monoisotopic (exact) mass is 381 g/mol. The quantitative estimate of drug-likeness (QED) is 0.726. The minimum absolute atomic E-state index is 0.188. The summed E-state index contributed by atoms with van der Waals surface area (Å²) in [7, 11) is -2.07. The van der Waals surface area contributed by atoms with Gasteiger partial charge in [0.2, 0.25) is 21.8 Å². The molecule has 2 amide bonds. The Labute approximate surface area is 153 Å². The van der Waals surface area contributed by atoms with Crippen LogP contribution in [0.5, 0.6) is 5.75 Å². The van der Waals surface area contributed by atoms with Crippen LogP contribution in [0.25, 0.3) is 0 Å². The van der Waals surface area contributed by atoms with Crippen LogP contribution in [-0.4, -0.2) is 51.6 Å². The van der Waals surface area contributed by atoms with Gasteiger partial charge in [0.1, 0.15) is 5.75 Å². The van der Waals surface area contributed by atoms with Crippen molar-refractivity contribution in [3.63, 3.8) is 0 Å². The zero-order valence-corrected chi connectivity index (χ0v) is 15.6. The maximum atomic E-state index is 12.5. The van der Waals surface area contributed by atoms with Gasteiger partial charge in [0.05, 0.1) is 25.0 Å². The normalized spacial score (nSPS) is 17.3. The number of ether oxygens (including phenoxy) is 1. The highest BCUT2D eigenvalue weighted by molar-refractivity contribution is 7.92. The number of anilines is 2. The summed E-state index contributed by atoms with van der Waals surface area (Å²) in [5, 5.41) is 2.77. The SMILES string of the molecule is C=CC(=O)N1CCCC(C(=O)Nc2ccc(OC)c(NS(C)(=O)=O)c2)C1. The standard InChI is InChI=1S/C17H23N3O5S/c1-4-16(21)20-9-5-6-12(11-20)17(22)18-13-7-8-15(25-2)14(10-13)19-26(3,23)24/h4,7-8,10,12,19H,1,5-6,9,11H2,2-3H3,(H,18,22). The number of amides is 2. The Kier molecular flexibility index (Phi) is 6.25. The molecule has 0 saturated carbocycles. The van der Waals surface area contributed by atoms with Crippen molar-refractivity contribution in [3.8, 4) is 5.75 Å². The third-order valence-electron chi connectivity index (χ3n) is 4.04. The van der Waals surface area contributed by atoms with Gasteiger partial charge in [-0.05, 0) is 37.1 Å². The number of nitrogens with one attached hydrogen (secondary N) is 2. The highest BCUT2D eigenvalue weighted by Crippen LogP contribution is 2.29. The average Bonchev–Trinajstić information content (AvgIpc) is 2.60. The van der Waals surface area contributed by atoms with Crippen molar-refractivity contribution in [2.75, 3.05) is 36.5 Å². The second-order valence-electron chi connectivity index (χ2n) is 6.11. The molecule has 1 aromatic rings. The van der Waals surface area contributed by atoms with Gasteiger partial charge in [-0.2, -0.15) is 0 Å². The van der Waals surface area contributed by atoms with Gasteiger partial charge in [-0.15, -0.1) is 0 Å². The molecule has 1 saturated heterocycles. The van der Waals surface area contributed by atoms with Crippen LogP contribution in [0.3, 0.4) is 0 Å².